The molecule has 10 nitrogen and oxygen atoms in total. The summed E-state index contributed by atoms with van der Waals surface area (Å²) in [6.07, 6.45) is 9.69. The summed E-state index contributed by atoms with van der Waals surface area (Å²) in [7, 11) is -0.229. The minimum Gasteiger partial charge on any atom is -0.318 e. The Balaban J connectivity index is 1.33. The number of rotatable bonds is 7. The van der Waals surface area contributed by atoms with Crippen LogP contribution in [0.15, 0.2) is 6.20 Å². The van der Waals surface area contributed by atoms with Crippen LogP contribution in [-0.4, -0.2) is 103 Å². The first kappa shape index (κ1) is 25.8. The predicted molar refractivity (Wildman–Crippen MR) is 135 cm³/mol. The van der Waals surface area contributed by atoms with E-state index in [-0.39, 0.29) is 6.03 Å². The predicted octanol–water partition coefficient (Wildman–Crippen LogP) is 1.99. The normalized spacial score (nSPS) is 22.2. The van der Waals surface area contributed by atoms with Gasteiger partial charge in [-0.1, -0.05) is 19.3 Å². The van der Waals surface area contributed by atoms with Gasteiger partial charge in [-0.2, -0.15) is 17.0 Å². The summed E-state index contributed by atoms with van der Waals surface area (Å²) in [6.45, 7) is 4.96. The van der Waals surface area contributed by atoms with E-state index in [2.05, 4.69) is 25.4 Å². The lowest BCUT2D eigenvalue weighted by atomic mass is 9.92. The summed E-state index contributed by atoms with van der Waals surface area (Å²) >= 11 is 1.51. The molecule has 1 aliphatic carbocycles. The van der Waals surface area contributed by atoms with Crippen molar-refractivity contribution >= 4 is 32.7 Å². The first-order valence-electron chi connectivity index (χ1n) is 12.5. The lowest BCUT2D eigenvalue weighted by molar-refractivity contribution is 0.117. The number of carbonyl (C=O) groups is 1. The molecule has 2 saturated heterocycles. The highest BCUT2D eigenvalue weighted by Crippen LogP contribution is 2.28. The molecule has 1 aromatic rings. The van der Waals surface area contributed by atoms with E-state index in [4.69, 9.17) is 0 Å². The Labute approximate surface area is 207 Å². The zero-order valence-corrected chi connectivity index (χ0v) is 22.0. The van der Waals surface area contributed by atoms with E-state index in [0.29, 0.717) is 49.9 Å². The molecule has 3 aliphatic rings. The number of thiazole rings is 1. The monoisotopic (exact) mass is 513 g/mol. The van der Waals surface area contributed by atoms with Crippen LogP contribution in [0.3, 0.4) is 0 Å². The van der Waals surface area contributed by atoms with Gasteiger partial charge in [0.1, 0.15) is 0 Å². The summed E-state index contributed by atoms with van der Waals surface area (Å²) in [4.78, 5) is 23.3. The molecular weight excluding hydrogens is 474 g/mol. The second-order valence-corrected chi connectivity index (χ2v) is 13.0. The van der Waals surface area contributed by atoms with Crippen molar-refractivity contribution in [3.63, 3.8) is 0 Å². The van der Waals surface area contributed by atoms with Crippen LogP contribution in [0.5, 0.6) is 0 Å². The van der Waals surface area contributed by atoms with Crippen molar-refractivity contribution < 1.29 is 13.2 Å². The molecule has 0 radical (unpaired) electrons. The SMILES string of the molecule is CN(C)S(=O)(=O)N1CCN(Cc2cnc(NC(=O)N(C3CCCCC3)C3CCNCC3)s2)CC1. The summed E-state index contributed by atoms with van der Waals surface area (Å²) in [6, 6.07) is 0.603. The summed E-state index contributed by atoms with van der Waals surface area (Å²) < 4.78 is 27.4. The molecule has 12 heteroatoms. The van der Waals surface area contributed by atoms with Gasteiger partial charge in [0.05, 0.1) is 0 Å². The van der Waals surface area contributed by atoms with Crippen LogP contribution in [-0.2, 0) is 16.8 Å². The highest BCUT2D eigenvalue weighted by atomic mass is 32.2. The first-order valence-corrected chi connectivity index (χ1v) is 14.7. The van der Waals surface area contributed by atoms with Gasteiger partial charge in [-0.3, -0.25) is 10.2 Å². The Morgan fingerprint density at radius 3 is 2.38 bits per heavy atom. The molecule has 2 amide bonds. The van der Waals surface area contributed by atoms with Crippen LogP contribution in [0.2, 0.25) is 0 Å². The van der Waals surface area contributed by atoms with Crippen molar-refractivity contribution in [3.8, 4) is 0 Å². The van der Waals surface area contributed by atoms with Crippen molar-refractivity contribution in [2.24, 2.45) is 0 Å². The lowest BCUT2D eigenvalue weighted by Crippen LogP contribution is -2.53. The van der Waals surface area contributed by atoms with Crippen LogP contribution in [0.1, 0.15) is 49.8 Å². The van der Waals surface area contributed by atoms with Gasteiger partial charge in [-0.15, -0.1) is 11.3 Å². The van der Waals surface area contributed by atoms with Crippen LogP contribution >= 0.6 is 11.3 Å². The fourth-order valence-electron chi connectivity index (χ4n) is 5.24. The van der Waals surface area contributed by atoms with E-state index in [1.54, 1.807) is 14.1 Å². The van der Waals surface area contributed by atoms with Gasteiger partial charge in [0.25, 0.3) is 10.2 Å². The third-order valence-corrected chi connectivity index (χ3v) is 10.0. The fraction of sp³-hybridized carbons (Fsp3) is 0.818. The summed E-state index contributed by atoms with van der Waals surface area (Å²) in [5, 5.41) is 7.15. The molecular formula is C22H39N7O3S2. The third kappa shape index (κ3) is 6.27. The quantitative estimate of drug-likeness (QED) is 0.578. The number of amides is 2. The number of piperidine rings is 1. The minimum absolute atomic E-state index is 0.0118. The highest BCUT2D eigenvalue weighted by molar-refractivity contribution is 7.86. The van der Waals surface area contributed by atoms with Gasteiger partial charge >= 0.3 is 6.03 Å². The zero-order chi connectivity index (χ0) is 24.1. The van der Waals surface area contributed by atoms with Gasteiger partial charge in [0, 0.05) is 70.0 Å². The Morgan fingerprint density at radius 2 is 1.74 bits per heavy atom. The van der Waals surface area contributed by atoms with E-state index in [0.717, 1.165) is 43.6 Å². The molecule has 1 aromatic heterocycles. The van der Waals surface area contributed by atoms with Gasteiger partial charge in [-0.05, 0) is 38.8 Å². The number of nitrogens with zero attached hydrogens (tertiary/aromatic N) is 5. The fourth-order valence-corrected chi connectivity index (χ4v) is 7.17. The van der Waals surface area contributed by atoms with Crippen molar-refractivity contribution in [2.75, 3.05) is 58.7 Å². The van der Waals surface area contributed by atoms with E-state index in [1.165, 1.54) is 39.2 Å². The molecule has 0 bridgehead atoms. The largest absolute Gasteiger partial charge is 0.324 e. The second-order valence-electron chi connectivity index (χ2n) is 9.71. The molecule has 2 aliphatic heterocycles. The molecule has 2 N–H and O–H groups in total. The van der Waals surface area contributed by atoms with E-state index >= 15 is 0 Å². The number of anilines is 1. The van der Waals surface area contributed by atoms with Crippen LogP contribution < -0.4 is 10.6 Å². The number of hydrogen-bond donors (Lipinski definition) is 2. The maximum absolute atomic E-state index is 13.4. The zero-order valence-electron chi connectivity index (χ0n) is 20.4. The topological polar surface area (TPSA) is 101 Å². The molecule has 4 rings (SSSR count). The molecule has 34 heavy (non-hydrogen) atoms. The number of nitrogens with one attached hydrogen (secondary N) is 2. The molecule has 192 valence electrons. The highest BCUT2D eigenvalue weighted by Gasteiger charge is 2.33. The van der Waals surface area contributed by atoms with Crippen molar-refractivity contribution in [2.45, 2.75) is 63.6 Å². The van der Waals surface area contributed by atoms with Crippen LogP contribution in [0.25, 0.3) is 0 Å². The molecule has 3 heterocycles. The Kier molecular flexibility index (Phi) is 8.81. The molecule has 1 saturated carbocycles. The number of piperazine rings is 1. The number of aromatic nitrogens is 1. The summed E-state index contributed by atoms with van der Waals surface area (Å²) in [5.41, 5.74) is 0. The maximum Gasteiger partial charge on any atom is 0.324 e. The second kappa shape index (κ2) is 11.6. The number of carbonyl (C=O) groups excluding carboxylic acids is 1. The minimum atomic E-state index is -3.36. The number of urea groups is 1. The molecule has 0 aromatic carbocycles. The van der Waals surface area contributed by atoms with E-state index in [9.17, 15) is 13.2 Å². The third-order valence-electron chi connectivity index (χ3n) is 7.17. The lowest BCUT2D eigenvalue weighted by Gasteiger charge is -2.41. The molecule has 0 atom stereocenters. The Bertz CT molecular complexity index is 885. The van der Waals surface area contributed by atoms with Crippen molar-refractivity contribution in [3.05, 3.63) is 11.1 Å². The van der Waals surface area contributed by atoms with Gasteiger partial charge < -0.3 is 10.2 Å². The molecule has 0 unspecified atom stereocenters. The number of hydrogen-bond acceptors (Lipinski definition) is 7. The average molecular weight is 514 g/mol. The summed E-state index contributed by atoms with van der Waals surface area (Å²) in [5.74, 6) is 0. The van der Waals surface area contributed by atoms with Gasteiger partial charge in [-0.25, -0.2) is 9.78 Å². The molecule has 0 spiro atoms. The standard InChI is InChI=1S/C22H39N7O3S2/c1-26(2)34(31,32)28-14-12-27(13-15-28)17-20-16-24-21(33-20)25-22(30)29(18-6-4-3-5-7-18)19-8-10-23-11-9-19/h16,18-19,23H,3-15,17H2,1-2H3,(H,24,25,30). The van der Waals surface area contributed by atoms with Crippen molar-refractivity contribution in [1.29, 1.82) is 0 Å². The van der Waals surface area contributed by atoms with E-state index in [1.807, 2.05) is 6.20 Å². The van der Waals surface area contributed by atoms with E-state index < -0.39 is 10.2 Å². The molecule has 3 fully saturated rings. The van der Waals surface area contributed by atoms with Crippen LogP contribution in [0, 0.1) is 0 Å². The van der Waals surface area contributed by atoms with Crippen LogP contribution in [0.4, 0.5) is 9.93 Å². The first-order chi connectivity index (χ1) is 16.3. The maximum atomic E-state index is 13.4. The Morgan fingerprint density at radius 1 is 1.09 bits per heavy atom. The average Bonchev–Trinajstić information content (AvgIpc) is 3.27. The van der Waals surface area contributed by atoms with Gasteiger partial charge in [0.15, 0.2) is 5.13 Å². The van der Waals surface area contributed by atoms with Crippen molar-refractivity contribution in [1.82, 2.24) is 28.7 Å². The van der Waals surface area contributed by atoms with Gasteiger partial charge in [0.2, 0.25) is 0 Å². The smallest absolute Gasteiger partial charge is 0.318 e. The Hall–Kier alpha value is -1.31.